The third-order valence-corrected chi connectivity index (χ3v) is 3.22. The molecule has 1 rings (SSSR count). The van der Waals surface area contributed by atoms with Crippen LogP contribution < -0.4 is 0 Å². The summed E-state index contributed by atoms with van der Waals surface area (Å²) in [5.74, 6) is 0.609. The van der Waals surface area contributed by atoms with E-state index < -0.39 is 0 Å². The molecule has 0 aromatic heterocycles. The smallest absolute Gasteiger partial charge is 0.00891 e. The van der Waals surface area contributed by atoms with E-state index in [-0.39, 0.29) is 0 Å². The van der Waals surface area contributed by atoms with Crippen LogP contribution in [0.3, 0.4) is 0 Å². The van der Waals surface area contributed by atoms with Gasteiger partial charge in [-0.2, -0.15) is 0 Å². The monoisotopic (exact) mass is 181 g/mol. The Morgan fingerprint density at radius 3 is 1.62 bits per heavy atom. The molecule has 0 aromatic rings. The first-order valence-electron chi connectivity index (χ1n) is 5.86. The Morgan fingerprint density at radius 2 is 1.23 bits per heavy atom. The molecule has 1 N–H and O–H groups in total. The first-order chi connectivity index (χ1) is 6.30. The van der Waals surface area contributed by atoms with Crippen LogP contribution in [0.25, 0.3) is 0 Å². The van der Waals surface area contributed by atoms with Gasteiger partial charge in [-0.1, -0.05) is 44.9 Å². The summed E-state index contributed by atoms with van der Waals surface area (Å²) < 4.78 is 0. The summed E-state index contributed by atoms with van der Waals surface area (Å²) in [6.07, 6.45) is 12.3. The Kier molecular flexibility index (Phi) is 5.10. The zero-order valence-corrected chi connectivity index (χ0v) is 8.94. The Morgan fingerprint density at radius 1 is 0.846 bits per heavy atom. The maximum atomic E-state index is 7.68. The molecule has 1 nitrogen and oxygen atoms in total. The molecule has 1 heteroatoms. The lowest BCUT2D eigenvalue weighted by atomic mass is 9.89. The zero-order valence-electron chi connectivity index (χ0n) is 8.94. The Hall–Kier alpha value is -0.330. The van der Waals surface area contributed by atoms with E-state index in [4.69, 9.17) is 5.41 Å². The van der Waals surface area contributed by atoms with Crippen LogP contribution in [0.2, 0.25) is 0 Å². The van der Waals surface area contributed by atoms with Crippen molar-refractivity contribution in [2.75, 3.05) is 0 Å². The third-order valence-electron chi connectivity index (χ3n) is 3.22. The van der Waals surface area contributed by atoms with Crippen molar-refractivity contribution in [2.45, 2.75) is 64.7 Å². The van der Waals surface area contributed by atoms with Crippen LogP contribution >= 0.6 is 0 Å². The molecule has 0 bridgehead atoms. The van der Waals surface area contributed by atoms with Gasteiger partial charge < -0.3 is 5.41 Å². The minimum atomic E-state index is 0.609. The first kappa shape index (κ1) is 10.7. The number of hydrogen-bond acceptors (Lipinski definition) is 1. The second-order valence-electron chi connectivity index (χ2n) is 4.43. The van der Waals surface area contributed by atoms with Gasteiger partial charge >= 0.3 is 0 Å². The minimum Gasteiger partial charge on any atom is -0.310 e. The molecule has 1 saturated carbocycles. The predicted molar refractivity (Wildman–Crippen MR) is 58.4 cm³/mol. The molecule has 0 saturated heterocycles. The average Bonchev–Trinajstić information content (AvgIpc) is 2.14. The quantitative estimate of drug-likeness (QED) is 0.587. The molecule has 1 aliphatic rings. The summed E-state index contributed by atoms with van der Waals surface area (Å²) in [4.78, 5) is 0. The van der Waals surface area contributed by atoms with Crippen molar-refractivity contribution >= 4 is 5.71 Å². The molecule has 76 valence electrons. The van der Waals surface area contributed by atoms with Gasteiger partial charge in [0.1, 0.15) is 0 Å². The van der Waals surface area contributed by atoms with Crippen LogP contribution in [0.1, 0.15) is 64.7 Å². The maximum Gasteiger partial charge on any atom is 0.00891 e. The van der Waals surface area contributed by atoms with Gasteiger partial charge in [-0.25, -0.2) is 0 Å². The number of rotatable bonds is 1. The van der Waals surface area contributed by atoms with E-state index in [1.165, 1.54) is 57.8 Å². The highest BCUT2D eigenvalue weighted by atomic mass is 14.4. The molecule has 0 spiro atoms. The highest BCUT2D eigenvalue weighted by Gasteiger charge is 2.11. The number of nitrogens with one attached hydrogen (secondary N) is 1. The molecular formula is C12H23N. The Balaban J connectivity index is 2.30. The molecule has 1 aliphatic carbocycles. The highest BCUT2D eigenvalue weighted by Crippen LogP contribution is 2.21. The van der Waals surface area contributed by atoms with E-state index in [0.29, 0.717) is 5.92 Å². The maximum absolute atomic E-state index is 7.68. The lowest BCUT2D eigenvalue weighted by molar-refractivity contribution is 0.458. The largest absolute Gasteiger partial charge is 0.310 e. The molecule has 0 aromatic carbocycles. The van der Waals surface area contributed by atoms with Crippen molar-refractivity contribution in [1.82, 2.24) is 0 Å². The van der Waals surface area contributed by atoms with Gasteiger partial charge in [0.2, 0.25) is 0 Å². The van der Waals surface area contributed by atoms with Gasteiger partial charge in [0.05, 0.1) is 0 Å². The fraction of sp³-hybridized carbons (Fsp3) is 0.917. The van der Waals surface area contributed by atoms with Crippen molar-refractivity contribution in [1.29, 1.82) is 5.41 Å². The summed E-state index contributed by atoms with van der Waals surface area (Å²) >= 11 is 0. The van der Waals surface area contributed by atoms with Gasteiger partial charge in [-0.05, 0) is 25.7 Å². The van der Waals surface area contributed by atoms with Crippen LogP contribution in [0.15, 0.2) is 0 Å². The molecular weight excluding hydrogens is 158 g/mol. The molecule has 0 aliphatic heterocycles. The third kappa shape index (κ3) is 4.44. The van der Waals surface area contributed by atoms with Crippen molar-refractivity contribution < 1.29 is 0 Å². The van der Waals surface area contributed by atoms with Crippen molar-refractivity contribution in [3.05, 3.63) is 0 Å². The summed E-state index contributed by atoms with van der Waals surface area (Å²) in [5.41, 5.74) is 0.917. The fourth-order valence-corrected chi connectivity index (χ4v) is 2.24. The van der Waals surface area contributed by atoms with Gasteiger partial charge in [-0.15, -0.1) is 0 Å². The average molecular weight is 181 g/mol. The lowest BCUT2D eigenvalue weighted by Gasteiger charge is -2.17. The van der Waals surface area contributed by atoms with E-state index in [1.807, 2.05) is 6.92 Å². The predicted octanol–water partition coefficient (Wildman–Crippen LogP) is 4.17. The molecule has 0 radical (unpaired) electrons. The molecule has 0 amide bonds. The number of hydrogen-bond donors (Lipinski definition) is 1. The standard InChI is InChI=1S/C12H23N/c1-11(13)12-9-7-5-3-2-4-6-8-10-12/h12-13H,2-10H2,1H3. The minimum absolute atomic E-state index is 0.609. The van der Waals surface area contributed by atoms with Crippen molar-refractivity contribution in [3.63, 3.8) is 0 Å². The molecule has 1 fully saturated rings. The molecule has 0 atom stereocenters. The van der Waals surface area contributed by atoms with Gasteiger partial charge in [0.25, 0.3) is 0 Å². The summed E-state index contributed by atoms with van der Waals surface area (Å²) in [6, 6.07) is 0. The van der Waals surface area contributed by atoms with Crippen LogP contribution in [-0.4, -0.2) is 5.71 Å². The summed E-state index contributed by atoms with van der Waals surface area (Å²) in [6.45, 7) is 1.98. The van der Waals surface area contributed by atoms with E-state index in [9.17, 15) is 0 Å². The second kappa shape index (κ2) is 6.17. The van der Waals surface area contributed by atoms with E-state index in [2.05, 4.69) is 0 Å². The van der Waals surface area contributed by atoms with Crippen LogP contribution in [-0.2, 0) is 0 Å². The second-order valence-corrected chi connectivity index (χ2v) is 4.43. The van der Waals surface area contributed by atoms with Gasteiger partial charge in [0, 0.05) is 5.71 Å². The van der Waals surface area contributed by atoms with Crippen molar-refractivity contribution in [3.8, 4) is 0 Å². The van der Waals surface area contributed by atoms with Crippen LogP contribution in [0.4, 0.5) is 0 Å². The SMILES string of the molecule is CC(=N)C1CCCCCCCCC1. The van der Waals surface area contributed by atoms with Gasteiger partial charge in [-0.3, -0.25) is 0 Å². The van der Waals surface area contributed by atoms with E-state index in [0.717, 1.165) is 5.71 Å². The molecule has 0 heterocycles. The molecule has 0 unspecified atom stereocenters. The van der Waals surface area contributed by atoms with Gasteiger partial charge in [0.15, 0.2) is 0 Å². The summed E-state index contributed by atoms with van der Waals surface area (Å²) in [5, 5.41) is 7.68. The topological polar surface area (TPSA) is 23.9 Å². The highest BCUT2D eigenvalue weighted by molar-refractivity contribution is 5.81. The molecule has 13 heavy (non-hydrogen) atoms. The normalized spacial score (nSPS) is 22.5. The van der Waals surface area contributed by atoms with Crippen molar-refractivity contribution in [2.24, 2.45) is 5.92 Å². The van der Waals surface area contributed by atoms with Crippen LogP contribution in [0.5, 0.6) is 0 Å². The fourth-order valence-electron chi connectivity index (χ4n) is 2.24. The first-order valence-corrected chi connectivity index (χ1v) is 5.86. The lowest BCUT2D eigenvalue weighted by Crippen LogP contribution is -2.10. The Labute approximate surface area is 82.4 Å². The summed E-state index contributed by atoms with van der Waals surface area (Å²) in [7, 11) is 0. The van der Waals surface area contributed by atoms with E-state index >= 15 is 0 Å². The van der Waals surface area contributed by atoms with Crippen LogP contribution in [0, 0.1) is 11.3 Å². The zero-order chi connectivity index (χ0) is 9.52. The Bertz CT molecular complexity index is 141. The van der Waals surface area contributed by atoms with E-state index in [1.54, 1.807) is 0 Å².